The molecule has 6 heteroatoms. The molecular formula is C10H8N2O2S2. The molecule has 0 saturated carbocycles. The summed E-state index contributed by atoms with van der Waals surface area (Å²) in [5.41, 5.74) is 0.552. The van der Waals surface area contributed by atoms with Crippen LogP contribution in [0.2, 0.25) is 0 Å². The van der Waals surface area contributed by atoms with Crippen molar-refractivity contribution in [1.29, 1.82) is 0 Å². The van der Waals surface area contributed by atoms with Gasteiger partial charge in [-0.1, -0.05) is 17.4 Å². The lowest BCUT2D eigenvalue weighted by molar-refractivity contribution is 0.0701. The number of rotatable bonds is 3. The van der Waals surface area contributed by atoms with Gasteiger partial charge < -0.3 is 5.11 Å². The quantitative estimate of drug-likeness (QED) is 0.910. The van der Waals surface area contributed by atoms with E-state index in [4.69, 9.17) is 5.11 Å². The maximum Gasteiger partial charge on any atom is 0.347 e. The molecule has 82 valence electrons. The third kappa shape index (κ3) is 2.40. The average molecular weight is 252 g/mol. The number of nitrogens with zero attached hydrogens (tertiary/aromatic N) is 2. The highest BCUT2D eigenvalue weighted by Crippen LogP contribution is 2.31. The van der Waals surface area contributed by atoms with E-state index < -0.39 is 5.97 Å². The van der Waals surface area contributed by atoms with E-state index in [0.717, 1.165) is 5.03 Å². The summed E-state index contributed by atoms with van der Waals surface area (Å²) in [4.78, 5) is 19.5. The van der Waals surface area contributed by atoms with Crippen molar-refractivity contribution in [3.63, 3.8) is 0 Å². The van der Waals surface area contributed by atoms with Crippen molar-refractivity contribution in [1.82, 2.24) is 9.97 Å². The molecule has 16 heavy (non-hydrogen) atoms. The zero-order chi connectivity index (χ0) is 11.5. The van der Waals surface area contributed by atoms with Crippen LogP contribution in [0.1, 0.15) is 15.4 Å². The zero-order valence-corrected chi connectivity index (χ0v) is 10.0. The number of hydrogen-bond acceptors (Lipinski definition) is 5. The van der Waals surface area contributed by atoms with Crippen molar-refractivity contribution >= 4 is 29.1 Å². The molecule has 0 aliphatic heterocycles. The lowest BCUT2D eigenvalue weighted by Gasteiger charge is -1.93. The molecule has 1 N–H and O–H groups in total. The molecule has 0 fully saturated rings. The molecule has 0 unspecified atom stereocenters. The van der Waals surface area contributed by atoms with Crippen LogP contribution in [-0.2, 0) is 0 Å². The standard InChI is InChI=1S/C10H8N2O2S2/c1-6-8(9(13)14)16-10(12-6)15-7-4-2-3-5-11-7/h2-5H,1H3,(H,13,14). The highest BCUT2D eigenvalue weighted by molar-refractivity contribution is 8.01. The molecule has 2 heterocycles. The van der Waals surface area contributed by atoms with Crippen LogP contribution in [0.3, 0.4) is 0 Å². The molecule has 0 aliphatic carbocycles. The summed E-state index contributed by atoms with van der Waals surface area (Å²) < 4.78 is 0.702. The number of carboxylic acids is 1. The highest BCUT2D eigenvalue weighted by Gasteiger charge is 2.14. The van der Waals surface area contributed by atoms with E-state index in [9.17, 15) is 4.79 Å². The predicted molar refractivity (Wildman–Crippen MR) is 62.2 cm³/mol. The second kappa shape index (κ2) is 4.63. The Kier molecular flexibility index (Phi) is 3.21. The third-order valence-electron chi connectivity index (χ3n) is 1.80. The van der Waals surface area contributed by atoms with E-state index in [0.29, 0.717) is 14.9 Å². The molecule has 0 amide bonds. The maximum absolute atomic E-state index is 10.8. The summed E-state index contributed by atoms with van der Waals surface area (Å²) in [5.74, 6) is -0.928. The van der Waals surface area contributed by atoms with Gasteiger partial charge in [-0.3, -0.25) is 0 Å². The van der Waals surface area contributed by atoms with Crippen LogP contribution >= 0.6 is 23.1 Å². The fourth-order valence-corrected chi connectivity index (χ4v) is 3.04. The van der Waals surface area contributed by atoms with Crippen molar-refractivity contribution in [2.75, 3.05) is 0 Å². The fraction of sp³-hybridized carbons (Fsp3) is 0.100. The third-order valence-corrected chi connectivity index (χ3v) is 3.96. The molecule has 2 aromatic rings. The van der Waals surface area contributed by atoms with Gasteiger partial charge in [-0.15, -0.1) is 0 Å². The zero-order valence-electron chi connectivity index (χ0n) is 8.38. The molecule has 0 atom stereocenters. The Morgan fingerprint density at radius 2 is 2.31 bits per heavy atom. The SMILES string of the molecule is Cc1nc(Sc2ccccn2)sc1C(=O)O. The van der Waals surface area contributed by atoms with Gasteiger partial charge in [0.25, 0.3) is 0 Å². The van der Waals surface area contributed by atoms with Crippen LogP contribution in [0, 0.1) is 6.92 Å². The number of pyridine rings is 1. The summed E-state index contributed by atoms with van der Waals surface area (Å²) in [6, 6.07) is 5.58. The van der Waals surface area contributed by atoms with Crippen molar-refractivity contribution in [3.05, 3.63) is 35.0 Å². The molecule has 0 bridgehead atoms. The monoisotopic (exact) mass is 252 g/mol. The Morgan fingerprint density at radius 3 is 2.88 bits per heavy atom. The topological polar surface area (TPSA) is 63.1 Å². The minimum absolute atomic E-state index is 0.290. The first-order valence-corrected chi connectivity index (χ1v) is 6.09. The summed E-state index contributed by atoms with van der Waals surface area (Å²) in [6.07, 6.45) is 1.70. The second-order valence-corrected chi connectivity index (χ2v) is 5.24. The smallest absolute Gasteiger partial charge is 0.347 e. The summed E-state index contributed by atoms with van der Waals surface area (Å²) in [5, 5.41) is 9.70. The van der Waals surface area contributed by atoms with E-state index in [1.165, 1.54) is 23.1 Å². The molecule has 2 rings (SSSR count). The largest absolute Gasteiger partial charge is 0.477 e. The van der Waals surface area contributed by atoms with Gasteiger partial charge in [-0.2, -0.15) is 0 Å². The van der Waals surface area contributed by atoms with Gasteiger partial charge in [0, 0.05) is 6.20 Å². The van der Waals surface area contributed by atoms with Gasteiger partial charge in [0.05, 0.1) is 5.69 Å². The molecule has 2 aromatic heterocycles. The Balaban J connectivity index is 2.23. The van der Waals surface area contributed by atoms with Crippen LogP contribution in [0.5, 0.6) is 0 Å². The number of thiazole rings is 1. The molecular weight excluding hydrogens is 244 g/mol. The van der Waals surface area contributed by atoms with E-state index >= 15 is 0 Å². The number of carbonyl (C=O) groups is 1. The maximum atomic E-state index is 10.8. The number of aromatic carboxylic acids is 1. The van der Waals surface area contributed by atoms with Gasteiger partial charge >= 0.3 is 5.97 Å². The number of hydrogen-bond donors (Lipinski definition) is 1. The Hall–Kier alpha value is -1.40. The van der Waals surface area contributed by atoms with Crippen LogP contribution in [0.25, 0.3) is 0 Å². The highest BCUT2D eigenvalue weighted by atomic mass is 32.2. The molecule has 0 aromatic carbocycles. The van der Waals surface area contributed by atoms with Gasteiger partial charge in [0.1, 0.15) is 9.90 Å². The van der Waals surface area contributed by atoms with Crippen molar-refractivity contribution in [2.24, 2.45) is 0 Å². The average Bonchev–Trinajstić information content (AvgIpc) is 2.61. The summed E-state index contributed by atoms with van der Waals surface area (Å²) >= 11 is 2.55. The molecule has 0 saturated heterocycles. The Labute approximate surface area is 100 Å². The minimum atomic E-state index is -0.928. The van der Waals surface area contributed by atoms with E-state index in [2.05, 4.69) is 9.97 Å². The fourth-order valence-electron chi connectivity index (χ4n) is 1.11. The van der Waals surface area contributed by atoms with Crippen LogP contribution < -0.4 is 0 Å². The lowest BCUT2D eigenvalue weighted by Crippen LogP contribution is -1.94. The van der Waals surface area contributed by atoms with Crippen molar-refractivity contribution < 1.29 is 9.90 Å². The van der Waals surface area contributed by atoms with Crippen molar-refractivity contribution in [3.8, 4) is 0 Å². The van der Waals surface area contributed by atoms with Gasteiger partial charge in [0.15, 0.2) is 4.34 Å². The first-order valence-electron chi connectivity index (χ1n) is 4.46. The minimum Gasteiger partial charge on any atom is -0.477 e. The number of aryl methyl sites for hydroxylation is 1. The molecule has 0 radical (unpaired) electrons. The normalized spacial score (nSPS) is 10.3. The first-order chi connectivity index (χ1) is 7.66. The number of carboxylic acid groups (broad SMARTS) is 1. The van der Waals surface area contributed by atoms with Gasteiger partial charge in [0.2, 0.25) is 0 Å². The second-order valence-electron chi connectivity index (χ2n) is 2.97. The molecule has 0 aliphatic rings. The van der Waals surface area contributed by atoms with E-state index in [-0.39, 0.29) is 0 Å². The number of aromatic nitrogens is 2. The Bertz CT molecular complexity index is 511. The summed E-state index contributed by atoms with van der Waals surface area (Å²) in [7, 11) is 0. The lowest BCUT2D eigenvalue weighted by atomic mass is 10.4. The summed E-state index contributed by atoms with van der Waals surface area (Å²) in [6.45, 7) is 1.70. The van der Waals surface area contributed by atoms with Crippen LogP contribution in [0.15, 0.2) is 33.8 Å². The first kappa shape index (κ1) is 11.1. The molecule has 0 spiro atoms. The predicted octanol–water partition coefficient (Wildman–Crippen LogP) is 2.70. The van der Waals surface area contributed by atoms with Gasteiger partial charge in [-0.05, 0) is 30.8 Å². The van der Waals surface area contributed by atoms with Crippen LogP contribution in [0.4, 0.5) is 0 Å². The van der Waals surface area contributed by atoms with E-state index in [1.807, 2.05) is 18.2 Å². The van der Waals surface area contributed by atoms with E-state index in [1.54, 1.807) is 13.1 Å². The van der Waals surface area contributed by atoms with Crippen LogP contribution in [-0.4, -0.2) is 21.0 Å². The Morgan fingerprint density at radius 1 is 1.50 bits per heavy atom. The molecule has 4 nitrogen and oxygen atoms in total. The van der Waals surface area contributed by atoms with Gasteiger partial charge in [-0.25, -0.2) is 14.8 Å². The van der Waals surface area contributed by atoms with Crippen molar-refractivity contribution in [2.45, 2.75) is 16.3 Å².